The second-order valence-electron chi connectivity index (χ2n) is 9.49. The number of rotatable bonds is 18. The second-order valence-corrected chi connectivity index (χ2v) is 12.8. The summed E-state index contributed by atoms with van der Waals surface area (Å²) in [6.45, 7) is -3.06. The molecule has 0 saturated carbocycles. The summed E-state index contributed by atoms with van der Waals surface area (Å²) in [6.07, 6.45) is 0. The van der Waals surface area contributed by atoms with Crippen LogP contribution in [0.3, 0.4) is 0 Å². The lowest BCUT2D eigenvalue weighted by Crippen LogP contribution is -2.09. The number of carbonyl (C=O) groups excluding carboxylic acids is 1. The Morgan fingerprint density at radius 3 is 1.25 bits per heavy atom. The van der Waals surface area contributed by atoms with E-state index in [1.54, 1.807) is 6.92 Å². The molecule has 0 aliphatic heterocycles. The molecule has 0 fully saturated rings. The number of phenols is 2. The van der Waals surface area contributed by atoms with Crippen LogP contribution in [0.4, 0.5) is 26.3 Å². The predicted octanol–water partition coefficient (Wildman–Crippen LogP) is 7.78. The van der Waals surface area contributed by atoms with Crippen LogP contribution in [-0.4, -0.2) is 133 Å². The van der Waals surface area contributed by atoms with E-state index in [-0.39, 0.29) is 91.8 Å². The van der Waals surface area contributed by atoms with Crippen LogP contribution >= 0.6 is 37.3 Å². The monoisotopic (exact) mass is 982 g/mol. The summed E-state index contributed by atoms with van der Waals surface area (Å²) in [5, 5.41) is 42.8. The molecule has 0 radical (unpaired) electrons. The number of carboxylic acids is 2. The van der Waals surface area contributed by atoms with Crippen molar-refractivity contribution in [3.8, 4) is 34.5 Å². The Morgan fingerprint density at radius 1 is 0.593 bits per heavy atom. The van der Waals surface area contributed by atoms with E-state index >= 15 is 0 Å². The quantitative estimate of drug-likeness (QED) is 0.0271. The molecule has 24 heteroatoms. The summed E-state index contributed by atoms with van der Waals surface area (Å²) < 4.78 is 105. The molecule has 336 valence electrons. The number of aliphatic hydroxyl groups is 1. The summed E-state index contributed by atoms with van der Waals surface area (Å²) >= 11 is 2.87. The summed E-state index contributed by atoms with van der Waals surface area (Å²) in [5.41, 5.74) is 0.0478. The number of hydrogen-bond acceptors (Lipinski definition) is 12. The fraction of sp³-hybridized carbons (Fsp3) is 0.400. The number of ether oxygens (including phenoxy) is 5. The molecule has 5 N–H and O–H groups in total. The summed E-state index contributed by atoms with van der Waals surface area (Å²) in [7, 11) is 7.36. The number of carboxylic acid groups (broad SMARTS) is 2. The summed E-state index contributed by atoms with van der Waals surface area (Å²) in [4.78, 5) is 32.5. The minimum atomic E-state index is -1.67. The van der Waals surface area contributed by atoms with Crippen molar-refractivity contribution in [3.63, 3.8) is 0 Å². The molecule has 14 nitrogen and oxygen atoms in total. The van der Waals surface area contributed by atoms with Crippen LogP contribution in [0, 0.1) is 0 Å². The molecule has 0 aliphatic rings. The largest absolute Gasteiger partial charge is 0.504 e. The number of aliphatic hydroxyl groups excluding tert-OH is 1. The lowest BCUT2D eigenvalue weighted by molar-refractivity contribution is 0.0479. The van der Waals surface area contributed by atoms with Crippen LogP contribution in [0.5, 0.6) is 34.5 Å². The molecule has 59 heavy (non-hydrogen) atoms. The molecule has 0 bridgehead atoms. The highest BCUT2D eigenvalue weighted by atomic mass is 79.9. The maximum absolute atomic E-state index is 12.1. The Hall–Kier alpha value is -4.38. The Kier molecular flexibility index (Phi) is 39.1. The number of esters is 1. The van der Waals surface area contributed by atoms with E-state index in [2.05, 4.69) is 42.0 Å². The van der Waals surface area contributed by atoms with Crippen molar-refractivity contribution in [1.29, 1.82) is 0 Å². The Balaban J connectivity index is -0.000000723. The van der Waals surface area contributed by atoms with Gasteiger partial charge in [0.15, 0.2) is 34.5 Å². The third-order valence-corrected chi connectivity index (χ3v) is 5.61. The van der Waals surface area contributed by atoms with Crippen molar-refractivity contribution in [2.75, 3.05) is 85.0 Å². The number of hydrogen-bond donors (Lipinski definition) is 5. The fourth-order valence-corrected chi connectivity index (χ4v) is 3.21. The van der Waals surface area contributed by atoms with E-state index in [0.29, 0.717) is 5.33 Å². The van der Waals surface area contributed by atoms with Crippen molar-refractivity contribution in [3.05, 3.63) is 71.3 Å². The molecule has 0 atom stereocenters. The van der Waals surface area contributed by atoms with E-state index in [1.165, 1.54) is 42.5 Å². The van der Waals surface area contributed by atoms with Gasteiger partial charge in [0.2, 0.25) is 9.23 Å². The number of aromatic hydroxyl groups is 2. The van der Waals surface area contributed by atoms with Crippen molar-refractivity contribution in [1.82, 2.24) is 0 Å². The third kappa shape index (κ3) is 31.2. The van der Waals surface area contributed by atoms with E-state index in [9.17, 15) is 40.7 Å². The zero-order chi connectivity index (χ0) is 45.6. The van der Waals surface area contributed by atoms with Crippen molar-refractivity contribution < 1.29 is 94.2 Å². The standard InChI is InChI=1S/C13H15F3O4.C11H12F2O4.C7H6O4.C2H4BrF.C2H6O.Cl2OS/c14-3-6-18-11-2-1-10(13(17)20-8-5-16)9-12(11)19-7-4-15;12-3-5-16-9-2-1-8(11(14)15)7-10(9)17-6-4-13;8-5-2-1-4(7(10)11)3-6(5)9;3-1-2-4;1-2-3;1-4(2)3/h1-2,9H,3-8H2;1-2,7H,3-6H2,(H,14,15);1-3,8-9H,(H,10,11);1-2H2;3H,2H2,1H3;. The highest BCUT2D eigenvalue weighted by Gasteiger charge is 2.14. The van der Waals surface area contributed by atoms with Gasteiger partial charge in [-0.05, 0) is 61.5 Å². The van der Waals surface area contributed by atoms with Gasteiger partial charge in [0, 0.05) is 33.3 Å². The number of carbonyl (C=O) groups is 3. The van der Waals surface area contributed by atoms with E-state index in [0.717, 1.165) is 12.1 Å². The number of aromatic carboxylic acids is 2. The zero-order valence-electron chi connectivity index (χ0n) is 31.1. The van der Waals surface area contributed by atoms with E-state index < -0.39 is 66.3 Å². The molecule has 0 saturated heterocycles. The van der Waals surface area contributed by atoms with Gasteiger partial charge in [-0.1, -0.05) is 15.9 Å². The van der Waals surface area contributed by atoms with Crippen molar-refractivity contribution in [2.45, 2.75) is 6.92 Å². The van der Waals surface area contributed by atoms with Gasteiger partial charge in [0.05, 0.1) is 23.4 Å². The Morgan fingerprint density at radius 2 is 0.915 bits per heavy atom. The smallest absolute Gasteiger partial charge is 0.338 e. The average Bonchev–Trinajstić information content (AvgIpc) is 3.21. The maximum atomic E-state index is 12.1. The van der Waals surface area contributed by atoms with Gasteiger partial charge in [-0.2, -0.15) is 0 Å². The SMILES string of the molecule is CCO.FCCBr.O=C(O)c1ccc(O)c(O)c1.O=C(O)c1ccc(OCCF)c(OCCF)c1.O=C(OCCF)c1ccc(OCCF)c(OCCF)c1.O=S(Cl)Cl. The van der Waals surface area contributed by atoms with Gasteiger partial charge in [0.25, 0.3) is 0 Å². The van der Waals surface area contributed by atoms with Crippen LogP contribution in [0.15, 0.2) is 54.6 Å². The summed E-state index contributed by atoms with van der Waals surface area (Å²) in [5.74, 6) is -3.17. The maximum Gasteiger partial charge on any atom is 0.338 e. The molecule has 0 aliphatic carbocycles. The first-order valence-corrected chi connectivity index (χ1v) is 20.2. The van der Waals surface area contributed by atoms with Crippen LogP contribution in [0.2, 0.25) is 0 Å². The van der Waals surface area contributed by atoms with Crippen LogP contribution < -0.4 is 18.9 Å². The molecule has 0 heterocycles. The van der Waals surface area contributed by atoms with E-state index in [4.69, 9.17) is 48.7 Å². The number of benzene rings is 3. The predicted molar refractivity (Wildman–Crippen MR) is 211 cm³/mol. The van der Waals surface area contributed by atoms with Gasteiger partial charge < -0.3 is 49.2 Å². The molecular weight excluding hydrogens is 941 g/mol. The van der Waals surface area contributed by atoms with Crippen LogP contribution in [0.1, 0.15) is 38.0 Å². The Labute approximate surface area is 355 Å². The second kappa shape index (κ2) is 39.1. The molecule has 3 aromatic rings. The topological polar surface area (TPSA) is 216 Å². The minimum absolute atomic E-state index is 0.00791. The molecule has 3 rings (SSSR count). The molecule has 0 unspecified atom stereocenters. The van der Waals surface area contributed by atoms with E-state index in [1.807, 2.05) is 0 Å². The molecule has 3 aromatic carbocycles. The highest BCUT2D eigenvalue weighted by Crippen LogP contribution is 2.30. The Bertz CT molecular complexity index is 1620. The number of phenolic OH excluding ortho intramolecular Hbond substituents is 2. The van der Waals surface area contributed by atoms with Gasteiger partial charge in [-0.25, -0.2) is 40.5 Å². The van der Waals surface area contributed by atoms with Gasteiger partial charge in [-0.15, -0.1) is 0 Å². The minimum Gasteiger partial charge on any atom is -0.504 e. The normalized spacial score (nSPS) is 9.49. The average molecular weight is 985 g/mol. The highest BCUT2D eigenvalue weighted by molar-refractivity contribution is 9.09. The lowest BCUT2D eigenvalue weighted by Gasteiger charge is -2.12. The molecular formula is C35H43BrCl2F6O14S. The van der Waals surface area contributed by atoms with Gasteiger partial charge in [0.1, 0.15) is 66.4 Å². The molecule has 0 aromatic heterocycles. The van der Waals surface area contributed by atoms with Crippen LogP contribution in [0.25, 0.3) is 0 Å². The summed E-state index contributed by atoms with van der Waals surface area (Å²) in [6, 6.07) is 11.2. The number of alkyl halides is 7. The first-order valence-electron chi connectivity index (χ1n) is 16.3. The number of halogens is 9. The first-order chi connectivity index (χ1) is 28.1. The van der Waals surface area contributed by atoms with Crippen molar-refractivity contribution in [2.24, 2.45) is 0 Å². The van der Waals surface area contributed by atoms with Gasteiger partial charge >= 0.3 is 17.9 Å². The zero-order valence-corrected chi connectivity index (χ0v) is 35.0. The lowest BCUT2D eigenvalue weighted by atomic mass is 10.2. The van der Waals surface area contributed by atoms with Crippen LogP contribution in [-0.2, 0) is 14.0 Å². The third-order valence-electron chi connectivity index (χ3n) is 5.31. The molecule has 0 spiro atoms. The van der Waals surface area contributed by atoms with Crippen molar-refractivity contribution >= 4 is 64.4 Å². The molecule has 0 amide bonds. The fourth-order valence-electron chi connectivity index (χ4n) is 3.21. The first kappa shape index (κ1) is 58.9. The van der Waals surface area contributed by atoms with Gasteiger partial charge in [-0.3, -0.25) is 4.39 Å².